The standard InChI is InChI=1S/C17H15F5N2O2/c1-16(19,20)17(21,22)11-4-6-12(7-5-11)26-14-13(18)8-10(9-23-14)15(25)24(2)3/h4-9H,1-3H3. The van der Waals surface area contributed by atoms with Gasteiger partial charge in [-0.25, -0.2) is 9.37 Å². The molecule has 0 saturated carbocycles. The van der Waals surface area contributed by atoms with Gasteiger partial charge >= 0.3 is 11.8 Å². The van der Waals surface area contributed by atoms with Gasteiger partial charge in [-0.05, 0) is 30.3 Å². The highest BCUT2D eigenvalue weighted by molar-refractivity contribution is 5.93. The molecular formula is C17H15F5N2O2. The summed E-state index contributed by atoms with van der Waals surface area (Å²) in [6, 6.07) is 4.43. The Kier molecular flexibility index (Phi) is 5.20. The van der Waals surface area contributed by atoms with E-state index in [-0.39, 0.29) is 18.2 Å². The molecule has 0 aliphatic heterocycles. The second kappa shape index (κ2) is 6.89. The summed E-state index contributed by atoms with van der Waals surface area (Å²) in [5.41, 5.74) is -0.905. The van der Waals surface area contributed by atoms with Gasteiger partial charge in [0.2, 0.25) is 0 Å². The van der Waals surface area contributed by atoms with Crippen LogP contribution in [0.4, 0.5) is 22.0 Å². The molecule has 26 heavy (non-hydrogen) atoms. The van der Waals surface area contributed by atoms with Crippen LogP contribution in [0.2, 0.25) is 0 Å². The van der Waals surface area contributed by atoms with Crippen molar-refractivity contribution >= 4 is 5.91 Å². The maximum atomic E-state index is 14.0. The van der Waals surface area contributed by atoms with Crippen LogP contribution in [0.25, 0.3) is 0 Å². The van der Waals surface area contributed by atoms with E-state index < -0.39 is 35.0 Å². The molecule has 1 heterocycles. The summed E-state index contributed by atoms with van der Waals surface area (Å²) in [4.78, 5) is 16.6. The van der Waals surface area contributed by atoms with Gasteiger partial charge < -0.3 is 9.64 Å². The molecule has 0 atom stereocenters. The Morgan fingerprint density at radius 3 is 2.15 bits per heavy atom. The number of amides is 1. The van der Waals surface area contributed by atoms with E-state index in [9.17, 15) is 26.7 Å². The molecular weight excluding hydrogens is 359 g/mol. The quantitative estimate of drug-likeness (QED) is 0.726. The average molecular weight is 374 g/mol. The molecule has 2 aromatic rings. The van der Waals surface area contributed by atoms with E-state index in [1.807, 2.05) is 0 Å². The Bertz CT molecular complexity index is 802. The van der Waals surface area contributed by atoms with Crippen molar-refractivity contribution in [3.8, 4) is 11.6 Å². The third-order valence-electron chi connectivity index (χ3n) is 3.44. The zero-order valence-electron chi connectivity index (χ0n) is 14.1. The number of carbonyl (C=O) groups excluding carboxylic acids is 1. The van der Waals surface area contributed by atoms with Crippen LogP contribution in [0.3, 0.4) is 0 Å². The number of ether oxygens (including phenoxy) is 1. The highest BCUT2D eigenvalue weighted by Gasteiger charge is 2.53. The van der Waals surface area contributed by atoms with Crippen LogP contribution in [0.15, 0.2) is 36.5 Å². The molecule has 1 aromatic heterocycles. The van der Waals surface area contributed by atoms with Crippen molar-refractivity contribution in [2.45, 2.75) is 18.8 Å². The first-order valence-electron chi connectivity index (χ1n) is 7.34. The minimum absolute atomic E-state index is 0.0000160. The summed E-state index contributed by atoms with van der Waals surface area (Å²) in [5.74, 6) is -10.6. The number of halogens is 5. The Hall–Kier alpha value is -2.71. The lowest BCUT2D eigenvalue weighted by molar-refractivity contribution is -0.204. The van der Waals surface area contributed by atoms with Crippen molar-refractivity contribution in [2.24, 2.45) is 0 Å². The van der Waals surface area contributed by atoms with E-state index in [0.29, 0.717) is 0 Å². The number of pyridine rings is 1. The van der Waals surface area contributed by atoms with Crippen LogP contribution in [0, 0.1) is 5.82 Å². The maximum absolute atomic E-state index is 14.0. The third kappa shape index (κ3) is 3.92. The number of hydrogen-bond donors (Lipinski definition) is 0. The van der Waals surface area contributed by atoms with Gasteiger partial charge in [-0.2, -0.15) is 17.6 Å². The minimum Gasteiger partial charge on any atom is -0.436 e. The highest BCUT2D eigenvalue weighted by atomic mass is 19.3. The number of benzene rings is 1. The van der Waals surface area contributed by atoms with E-state index in [2.05, 4.69) is 4.98 Å². The molecule has 0 unspecified atom stereocenters. The number of carbonyl (C=O) groups is 1. The SMILES string of the molecule is CN(C)C(=O)c1cnc(Oc2ccc(C(F)(F)C(C)(F)F)cc2)c(F)c1. The first-order valence-corrected chi connectivity index (χ1v) is 7.34. The molecule has 1 amide bonds. The average Bonchev–Trinajstić information content (AvgIpc) is 2.55. The predicted molar refractivity (Wildman–Crippen MR) is 83.2 cm³/mol. The Morgan fingerprint density at radius 1 is 1.12 bits per heavy atom. The first-order chi connectivity index (χ1) is 11.9. The molecule has 0 spiro atoms. The Morgan fingerprint density at radius 2 is 1.69 bits per heavy atom. The van der Waals surface area contributed by atoms with E-state index in [1.54, 1.807) is 0 Å². The Balaban J connectivity index is 2.21. The number of nitrogens with zero attached hydrogens (tertiary/aromatic N) is 2. The van der Waals surface area contributed by atoms with Gasteiger partial charge in [0.15, 0.2) is 5.82 Å². The van der Waals surface area contributed by atoms with Crippen molar-refractivity contribution in [3.63, 3.8) is 0 Å². The second-order valence-corrected chi connectivity index (χ2v) is 5.80. The van der Waals surface area contributed by atoms with Gasteiger partial charge in [0.25, 0.3) is 11.8 Å². The second-order valence-electron chi connectivity index (χ2n) is 5.80. The van der Waals surface area contributed by atoms with Gasteiger partial charge in [-0.1, -0.05) is 0 Å². The maximum Gasteiger partial charge on any atom is 0.335 e. The summed E-state index contributed by atoms with van der Waals surface area (Å²) in [6.45, 7) is 0.118. The van der Waals surface area contributed by atoms with E-state index >= 15 is 0 Å². The summed E-state index contributed by atoms with van der Waals surface area (Å²) in [6.07, 6.45) is 1.10. The fraction of sp³-hybridized carbons (Fsp3) is 0.294. The lowest BCUT2D eigenvalue weighted by Crippen LogP contribution is -2.34. The third-order valence-corrected chi connectivity index (χ3v) is 3.44. The largest absolute Gasteiger partial charge is 0.436 e. The molecule has 0 aliphatic rings. The predicted octanol–water partition coefficient (Wildman–Crippen LogP) is 4.46. The topological polar surface area (TPSA) is 42.4 Å². The van der Waals surface area contributed by atoms with E-state index in [0.717, 1.165) is 36.5 Å². The van der Waals surface area contributed by atoms with Crippen molar-refractivity contribution in [2.75, 3.05) is 14.1 Å². The van der Waals surface area contributed by atoms with Gasteiger partial charge in [0, 0.05) is 32.8 Å². The summed E-state index contributed by atoms with van der Waals surface area (Å²) in [7, 11) is 2.98. The molecule has 4 nitrogen and oxygen atoms in total. The molecule has 0 bridgehead atoms. The molecule has 9 heteroatoms. The van der Waals surface area contributed by atoms with Gasteiger partial charge in [0.1, 0.15) is 5.75 Å². The van der Waals surface area contributed by atoms with Crippen molar-refractivity contribution in [3.05, 3.63) is 53.5 Å². The van der Waals surface area contributed by atoms with Gasteiger partial charge in [-0.15, -0.1) is 0 Å². The summed E-state index contributed by atoms with van der Waals surface area (Å²) < 4.78 is 72.2. The Labute approximate surface area is 146 Å². The minimum atomic E-state index is -4.36. The lowest BCUT2D eigenvalue weighted by atomic mass is 10.0. The van der Waals surface area contributed by atoms with E-state index in [4.69, 9.17) is 4.74 Å². The molecule has 0 aliphatic carbocycles. The first kappa shape index (κ1) is 19.6. The fourth-order valence-electron chi connectivity index (χ4n) is 1.97. The normalized spacial score (nSPS) is 12.0. The van der Waals surface area contributed by atoms with Crippen molar-refractivity contribution in [1.82, 2.24) is 9.88 Å². The van der Waals surface area contributed by atoms with Gasteiger partial charge in [-0.3, -0.25) is 4.79 Å². The summed E-state index contributed by atoms with van der Waals surface area (Å²) in [5, 5.41) is 0. The summed E-state index contributed by atoms with van der Waals surface area (Å²) >= 11 is 0. The number of alkyl halides is 4. The van der Waals surface area contributed by atoms with Crippen LogP contribution >= 0.6 is 0 Å². The fourth-order valence-corrected chi connectivity index (χ4v) is 1.97. The molecule has 0 fully saturated rings. The van der Waals surface area contributed by atoms with Crippen LogP contribution in [-0.2, 0) is 5.92 Å². The molecule has 1 aromatic carbocycles. The highest BCUT2D eigenvalue weighted by Crippen LogP contribution is 2.42. The van der Waals surface area contributed by atoms with Gasteiger partial charge in [0.05, 0.1) is 5.56 Å². The lowest BCUT2D eigenvalue weighted by Gasteiger charge is -2.23. The number of hydrogen-bond acceptors (Lipinski definition) is 3. The molecule has 0 N–H and O–H groups in total. The monoisotopic (exact) mass is 374 g/mol. The smallest absolute Gasteiger partial charge is 0.335 e. The van der Waals surface area contributed by atoms with E-state index in [1.165, 1.54) is 19.0 Å². The zero-order chi connectivity index (χ0) is 19.7. The zero-order valence-corrected chi connectivity index (χ0v) is 14.1. The van der Waals surface area contributed by atoms with Crippen LogP contribution < -0.4 is 4.74 Å². The molecule has 2 rings (SSSR count). The molecule has 140 valence electrons. The van der Waals surface area contributed by atoms with Crippen LogP contribution in [0.5, 0.6) is 11.6 Å². The number of aromatic nitrogens is 1. The molecule has 0 radical (unpaired) electrons. The molecule has 0 saturated heterocycles. The van der Waals surface area contributed by atoms with Crippen molar-refractivity contribution < 1.29 is 31.5 Å². The van der Waals surface area contributed by atoms with Crippen LogP contribution in [0.1, 0.15) is 22.8 Å². The number of rotatable bonds is 5. The van der Waals surface area contributed by atoms with Crippen molar-refractivity contribution in [1.29, 1.82) is 0 Å². The van der Waals surface area contributed by atoms with Crippen LogP contribution in [-0.4, -0.2) is 35.8 Å².